The number of aromatic nitrogens is 2. The molecule has 1 aliphatic heterocycles. The van der Waals surface area contributed by atoms with Gasteiger partial charge < -0.3 is 15.1 Å². The Kier molecular flexibility index (Phi) is 5.62. The van der Waals surface area contributed by atoms with Crippen molar-refractivity contribution >= 4 is 40.3 Å². The van der Waals surface area contributed by atoms with Crippen molar-refractivity contribution in [1.29, 1.82) is 0 Å². The molecule has 1 saturated heterocycles. The molecule has 0 unspecified atom stereocenters. The molecule has 0 spiro atoms. The highest BCUT2D eigenvalue weighted by atomic mass is 35.5. The van der Waals surface area contributed by atoms with Crippen LogP contribution in [0.3, 0.4) is 0 Å². The topological polar surface area (TPSA) is 87.4 Å². The second-order valence-corrected chi connectivity index (χ2v) is 7.09. The van der Waals surface area contributed by atoms with Crippen LogP contribution in [0.2, 0.25) is 5.02 Å². The zero-order valence-corrected chi connectivity index (χ0v) is 16.6. The van der Waals surface area contributed by atoms with Gasteiger partial charge in [-0.15, -0.1) is 0 Å². The first-order valence-electron chi connectivity index (χ1n) is 9.30. The number of anilines is 4. The molecule has 3 aromatic rings. The van der Waals surface area contributed by atoms with Crippen LogP contribution in [0.5, 0.6) is 0 Å². The van der Waals surface area contributed by atoms with E-state index in [1.165, 1.54) is 12.4 Å². The maximum Gasteiger partial charge on any atom is 0.353 e. The third kappa shape index (κ3) is 3.97. The first kappa shape index (κ1) is 19.8. The Bertz CT molecular complexity index is 1070. The summed E-state index contributed by atoms with van der Waals surface area (Å²) in [6.45, 7) is 1.93. The number of nitrogens with zero attached hydrogens (tertiary/aromatic N) is 5. The summed E-state index contributed by atoms with van der Waals surface area (Å²) >= 11 is 6.16. The van der Waals surface area contributed by atoms with Crippen molar-refractivity contribution in [2.75, 3.05) is 41.3 Å². The highest BCUT2D eigenvalue weighted by Gasteiger charge is 2.30. The van der Waals surface area contributed by atoms with Gasteiger partial charge in [0.1, 0.15) is 12.1 Å². The Labute approximate surface area is 177 Å². The lowest BCUT2D eigenvalue weighted by Crippen LogP contribution is -2.47. The van der Waals surface area contributed by atoms with Gasteiger partial charge in [0.05, 0.1) is 21.3 Å². The summed E-state index contributed by atoms with van der Waals surface area (Å²) in [5.41, 5.74) is 0.809. The molecular formula is C20H18ClFN6O2. The molecule has 30 heavy (non-hydrogen) atoms. The Morgan fingerprint density at radius 2 is 1.67 bits per heavy atom. The molecule has 154 valence electrons. The number of nitrogens with one attached hydrogen (secondary N) is 1. The largest absolute Gasteiger partial charge is 0.366 e. The molecule has 1 aromatic heterocycles. The SMILES string of the molecule is O=[N+]([O-])c1c(Nc2ccccc2Cl)ncnc1N1CCN(c2ccccc2F)CC1. The fraction of sp³-hybridized carbons (Fsp3) is 0.200. The van der Waals surface area contributed by atoms with Crippen LogP contribution in [0.25, 0.3) is 0 Å². The van der Waals surface area contributed by atoms with Crippen LogP contribution in [-0.2, 0) is 0 Å². The summed E-state index contributed by atoms with van der Waals surface area (Å²) < 4.78 is 14.1. The van der Waals surface area contributed by atoms with Gasteiger partial charge in [0, 0.05) is 26.2 Å². The first-order chi connectivity index (χ1) is 14.5. The van der Waals surface area contributed by atoms with Gasteiger partial charge in [-0.1, -0.05) is 35.9 Å². The Morgan fingerprint density at radius 3 is 2.37 bits per heavy atom. The third-order valence-electron chi connectivity index (χ3n) is 4.88. The molecular weight excluding hydrogens is 411 g/mol. The number of hydrogen-bond acceptors (Lipinski definition) is 7. The van der Waals surface area contributed by atoms with Gasteiger partial charge >= 0.3 is 5.69 Å². The second kappa shape index (κ2) is 8.50. The van der Waals surface area contributed by atoms with E-state index in [-0.39, 0.29) is 23.1 Å². The van der Waals surface area contributed by atoms with Crippen molar-refractivity contribution in [2.24, 2.45) is 0 Å². The molecule has 10 heteroatoms. The van der Waals surface area contributed by atoms with Gasteiger partial charge in [-0.25, -0.2) is 14.4 Å². The van der Waals surface area contributed by atoms with E-state index >= 15 is 0 Å². The Morgan fingerprint density at radius 1 is 1.00 bits per heavy atom. The van der Waals surface area contributed by atoms with Crippen LogP contribution in [-0.4, -0.2) is 41.1 Å². The van der Waals surface area contributed by atoms with Crippen LogP contribution in [0, 0.1) is 15.9 Å². The summed E-state index contributed by atoms with van der Waals surface area (Å²) in [5, 5.41) is 15.2. The highest BCUT2D eigenvalue weighted by molar-refractivity contribution is 6.33. The van der Waals surface area contributed by atoms with Crippen LogP contribution in [0.1, 0.15) is 0 Å². The Balaban J connectivity index is 1.58. The molecule has 0 atom stereocenters. The average molecular weight is 429 g/mol. The van der Waals surface area contributed by atoms with Crippen molar-refractivity contribution in [3.05, 3.63) is 75.8 Å². The highest BCUT2D eigenvalue weighted by Crippen LogP contribution is 2.35. The van der Waals surface area contributed by atoms with Crippen LogP contribution >= 0.6 is 11.6 Å². The lowest BCUT2D eigenvalue weighted by Gasteiger charge is -2.36. The molecule has 8 nitrogen and oxygen atoms in total. The quantitative estimate of drug-likeness (QED) is 0.480. The Hall–Kier alpha value is -3.46. The smallest absolute Gasteiger partial charge is 0.353 e. The van der Waals surface area contributed by atoms with E-state index in [1.54, 1.807) is 42.5 Å². The molecule has 1 aliphatic rings. The van der Waals surface area contributed by atoms with Gasteiger partial charge in [-0.2, -0.15) is 0 Å². The number of para-hydroxylation sites is 2. The predicted molar refractivity (Wildman–Crippen MR) is 114 cm³/mol. The van der Waals surface area contributed by atoms with Crippen LogP contribution in [0.4, 0.5) is 33.1 Å². The number of nitro groups is 1. The summed E-state index contributed by atoms with van der Waals surface area (Å²) in [4.78, 5) is 23.3. The summed E-state index contributed by atoms with van der Waals surface area (Å²) in [6.07, 6.45) is 1.28. The molecule has 4 rings (SSSR count). The first-order valence-corrected chi connectivity index (χ1v) is 9.68. The molecule has 0 aliphatic carbocycles. The standard InChI is InChI=1S/C20H18ClFN6O2/c21-14-5-1-3-7-16(14)25-19-18(28(29)30)20(24-13-23-19)27-11-9-26(10-12-27)17-8-4-2-6-15(17)22/h1-8,13H,9-12H2,(H,23,24,25). The zero-order chi connectivity index (χ0) is 21.1. The van der Waals surface area contributed by atoms with Gasteiger partial charge in [0.25, 0.3) is 0 Å². The number of piperazine rings is 1. The normalized spacial score (nSPS) is 13.9. The van der Waals surface area contributed by atoms with Gasteiger partial charge in [-0.05, 0) is 24.3 Å². The van der Waals surface area contributed by atoms with Crippen molar-refractivity contribution < 1.29 is 9.31 Å². The lowest BCUT2D eigenvalue weighted by molar-refractivity contribution is -0.383. The van der Waals surface area contributed by atoms with E-state index in [9.17, 15) is 14.5 Å². The van der Waals surface area contributed by atoms with Crippen LogP contribution in [0.15, 0.2) is 54.9 Å². The molecule has 0 amide bonds. The second-order valence-electron chi connectivity index (χ2n) is 6.68. The van der Waals surface area contributed by atoms with Crippen molar-refractivity contribution in [3.8, 4) is 0 Å². The summed E-state index contributed by atoms with van der Waals surface area (Å²) in [5.74, 6) is -0.00226. The zero-order valence-electron chi connectivity index (χ0n) is 15.8. The molecule has 0 radical (unpaired) electrons. The molecule has 2 aromatic carbocycles. The third-order valence-corrected chi connectivity index (χ3v) is 5.21. The lowest BCUT2D eigenvalue weighted by atomic mass is 10.2. The maximum atomic E-state index is 14.1. The number of halogens is 2. The van der Waals surface area contributed by atoms with E-state index in [0.717, 1.165) is 0 Å². The fourth-order valence-corrected chi connectivity index (χ4v) is 3.60. The minimum absolute atomic E-state index is 0.0645. The van der Waals surface area contributed by atoms with E-state index in [0.29, 0.717) is 42.6 Å². The van der Waals surface area contributed by atoms with Crippen molar-refractivity contribution in [2.45, 2.75) is 0 Å². The number of rotatable bonds is 5. The minimum atomic E-state index is -0.502. The summed E-state index contributed by atoms with van der Waals surface area (Å²) in [7, 11) is 0. The molecule has 0 saturated carbocycles. The van der Waals surface area contributed by atoms with Crippen molar-refractivity contribution in [1.82, 2.24) is 9.97 Å². The fourth-order valence-electron chi connectivity index (χ4n) is 3.42. The monoisotopic (exact) mass is 428 g/mol. The van der Waals surface area contributed by atoms with Gasteiger partial charge in [0.2, 0.25) is 11.6 Å². The predicted octanol–water partition coefficient (Wildman–Crippen LogP) is 4.25. The van der Waals surface area contributed by atoms with Crippen molar-refractivity contribution in [3.63, 3.8) is 0 Å². The van der Waals surface area contributed by atoms with E-state index in [2.05, 4.69) is 15.3 Å². The van der Waals surface area contributed by atoms with Gasteiger partial charge in [-0.3, -0.25) is 10.1 Å². The molecule has 1 fully saturated rings. The van der Waals surface area contributed by atoms with Crippen LogP contribution < -0.4 is 15.1 Å². The average Bonchev–Trinajstić information content (AvgIpc) is 2.75. The molecule has 0 bridgehead atoms. The maximum absolute atomic E-state index is 14.1. The van der Waals surface area contributed by atoms with Gasteiger partial charge in [0.15, 0.2) is 0 Å². The number of hydrogen-bond donors (Lipinski definition) is 1. The number of benzene rings is 2. The molecule has 1 N–H and O–H groups in total. The summed E-state index contributed by atoms with van der Waals surface area (Å²) in [6, 6.07) is 13.5. The van der Waals surface area contributed by atoms with E-state index < -0.39 is 4.92 Å². The van der Waals surface area contributed by atoms with E-state index in [1.807, 2.05) is 9.80 Å². The molecule has 2 heterocycles. The van der Waals surface area contributed by atoms with E-state index in [4.69, 9.17) is 11.6 Å². The minimum Gasteiger partial charge on any atom is -0.366 e.